The zero-order valence-corrected chi connectivity index (χ0v) is 11.4. The van der Waals surface area contributed by atoms with Crippen LogP contribution in [0.2, 0.25) is 0 Å². The molecule has 1 saturated heterocycles. The SMILES string of the molecule is CCN1CCCC1C(=O)OCOCc1ccccc1. The van der Waals surface area contributed by atoms with Crippen LogP contribution in [0.1, 0.15) is 25.3 Å². The number of esters is 1. The van der Waals surface area contributed by atoms with E-state index in [9.17, 15) is 4.79 Å². The third-order valence-corrected chi connectivity index (χ3v) is 3.44. The fourth-order valence-corrected chi connectivity index (χ4v) is 2.40. The van der Waals surface area contributed by atoms with Crippen LogP contribution in [-0.4, -0.2) is 36.8 Å². The van der Waals surface area contributed by atoms with Gasteiger partial charge in [-0.3, -0.25) is 9.69 Å². The van der Waals surface area contributed by atoms with Crippen LogP contribution in [0.3, 0.4) is 0 Å². The van der Waals surface area contributed by atoms with Gasteiger partial charge >= 0.3 is 5.97 Å². The van der Waals surface area contributed by atoms with Crippen LogP contribution in [0.15, 0.2) is 30.3 Å². The molecule has 1 atom stereocenters. The summed E-state index contributed by atoms with van der Waals surface area (Å²) in [6.45, 7) is 4.45. The molecule has 0 radical (unpaired) electrons. The molecule has 104 valence electrons. The van der Waals surface area contributed by atoms with Crippen LogP contribution in [0, 0.1) is 0 Å². The highest BCUT2D eigenvalue weighted by atomic mass is 16.7. The summed E-state index contributed by atoms with van der Waals surface area (Å²) >= 11 is 0. The molecule has 19 heavy (non-hydrogen) atoms. The molecule has 1 aromatic rings. The summed E-state index contributed by atoms with van der Waals surface area (Å²) in [4.78, 5) is 14.0. The molecule has 0 aromatic heterocycles. The van der Waals surface area contributed by atoms with Crippen molar-refractivity contribution in [3.63, 3.8) is 0 Å². The summed E-state index contributed by atoms with van der Waals surface area (Å²) in [7, 11) is 0. The Morgan fingerprint density at radius 2 is 2.16 bits per heavy atom. The maximum absolute atomic E-state index is 11.9. The fraction of sp³-hybridized carbons (Fsp3) is 0.533. The van der Waals surface area contributed by atoms with Gasteiger partial charge in [-0.05, 0) is 31.5 Å². The lowest BCUT2D eigenvalue weighted by molar-refractivity contribution is -0.162. The van der Waals surface area contributed by atoms with Crippen LogP contribution in [0.25, 0.3) is 0 Å². The predicted octanol–water partition coefficient (Wildman–Crippen LogP) is 2.19. The van der Waals surface area contributed by atoms with Crippen LogP contribution in [0.5, 0.6) is 0 Å². The van der Waals surface area contributed by atoms with Gasteiger partial charge in [0.2, 0.25) is 0 Å². The first-order chi connectivity index (χ1) is 9.31. The Morgan fingerprint density at radius 1 is 1.37 bits per heavy atom. The largest absolute Gasteiger partial charge is 0.437 e. The number of likely N-dealkylation sites (tertiary alicyclic amines) is 1. The third kappa shape index (κ3) is 4.04. The summed E-state index contributed by atoms with van der Waals surface area (Å²) in [6, 6.07) is 9.77. The standard InChI is InChI=1S/C15H21NO3/c1-2-16-10-6-9-14(16)15(17)19-12-18-11-13-7-4-3-5-8-13/h3-5,7-8,14H,2,6,9-12H2,1H3. The average molecular weight is 263 g/mol. The van der Waals surface area contributed by atoms with E-state index in [0.717, 1.165) is 31.5 Å². The second-order valence-electron chi connectivity index (χ2n) is 4.70. The van der Waals surface area contributed by atoms with E-state index in [0.29, 0.717) is 6.61 Å². The summed E-state index contributed by atoms with van der Waals surface area (Å²) in [5.41, 5.74) is 1.08. The summed E-state index contributed by atoms with van der Waals surface area (Å²) < 4.78 is 10.5. The number of ether oxygens (including phenoxy) is 2. The topological polar surface area (TPSA) is 38.8 Å². The van der Waals surface area contributed by atoms with Gasteiger partial charge in [-0.1, -0.05) is 37.3 Å². The van der Waals surface area contributed by atoms with E-state index in [1.807, 2.05) is 30.3 Å². The van der Waals surface area contributed by atoms with E-state index in [1.165, 1.54) is 0 Å². The lowest BCUT2D eigenvalue weighted by atomic mass is 10.2. The Bertz CT molecular complexity index is 394. The Kier molecular flexibility index (Phi) is 5.36. The van der Waals surface area contributed by atoms with E-state index in [4.69, 9.17) is 9.47 Å². The van der Waals surface area contributed by atoms with Gasteiger partial charge < -0.3 is 9.47 Å². The smallest absolute Gasteiger partial charge is 0.325 e. The van der Waals surface area contributed by atoms with Crippen LogP contribution >= 0.6 is 0 Å². The Labute approximate surface area is 114 Å². The number of hydrogen-bond donors (Lipinski definition) is 0. The van der Waals surface area contributed by atoms with Crippen molar-refractivity contribution in [3.8, 4) is 0 Å². The Hall–Kier alpha value is -1.39. The number of rotatable bonds is 6. The van der Waals surface area contributed by atoms with Crippen molar-refractivity contribution < 1.29 is 14.3 Å². The van der Waals surface area contributed by atoms with Crippen molar-refractivity contribution in [1.82, 2.24) is 4.90 Å². The average Bonchev–Trinajstić information content (AvgIpc) is 2.93. The Balaban J connectivity index is 1.67. The molecule has 1 aliphatic heterocycles. The van der Waals surface area contributed by atoms with Crippen LogP contribution in [-0.2, 0) is 20.9 Å². The number of carbonyl (C=O) groups excluding carboxylic acids is 1. The molecule has 0 N–H and O–H groups in total. The van der Waals surface area contributed by atoms with E-state index in [-0.39, 0.29) is 18.8 Å². The number of benzene rings is 1. The molecule has 0 saturated carbocycles. The lowest BCUT2D eigenvalue weighted by Crippen LogP contribution is -2.37. The van der Waals surface area contributed by atoms with E-state index < -0.39 is 0 Å². The number of likely N-dealkylation sites (N-methyl/N-ethyl adjacent to an activating group) is 1. The van der Waals surface area contributed by atoms with Crippen LogP contribution in [0.4, 0.5) is 0 Å². The first-order valence-corrected chi connectivity index (χ1v) is 6.83. The molecule has 0 spiro atoms. The lowest BCUT2D eigenvalue weighted by Gasteiger charge is -2.20. The molecule has 4 nitrogen and oxygen atoms in total. The molecular formula is C15H21NO3. The maximum Gasteiger partial charge on any atom is 0.325 e. The normalized spacial score (nSPS) is 19.5. The van der Waals surface area contributed by atoms with E-state index in [1.54, 1.807) is 0 Å². The molecule has 0 bridgehead atoms. The fourth-order valence-electron chi connectivity index (χ4n) is 2.40. The van der Waals surface area contributed by atoms with E-state index >= 15 is 0 Å². The molecule has 2 rings (SSSR count). The van der Waals surface area contributed by atoms with Crippen LogP contribution < -0.4 is 0 Å². The van der Waals surface area contributed by atoms with Gasteiger partial charge in [-0.2, -0.15) is 0 Å². The van der Waals surface area contributed by atoms with Crippen molar-refractivity contribution in [1.29, 1.82) is 0 Å². The quantitative estimate of drug-likeness (QED) is 0.448. The summed E-state index contributed by atoms with van der Waals surface area (Å²) in [5, 5.41) is 0. The van der Waals surface area contributed by atoms with Gasteiger partial charge in [-0.15, -0.1) is 0 Å². The first kappa shape index (κ1) is 14.0. The van der Waals surface area contributed by atoms with Crippen molar-refractivity contribution in [2.45, 2.75) is 32.4 Å². The van der Waals surface area contributed by atoms with Gasteiger partial charge in [0.05, 0.1) is 6.61 Å². The predicted molar refractivity (Wildman–Crippen MR) is 72.5 cm³/mol. The van der Waals surface area contributed by atoms with Gasteiger partial charge in [0, 0.05) is 0 Å². The second-order valence-corrected chi connectivity index (χ2v) is 4.70. The number of carbonyl (C=O) groups is 1. The van der Waals surface area contributed by atoms with Crippen molar-refractivity contribution in [2.24, 2.45) is 0 Å². The van der Waals surface area contributed by atoms with Gasteiger partial charge in [-0.25, -0.2) is 0 Å². The molecule has 1 fully saturated rings. The summed E-state index contributed by atoms with van der Waals surface area (Å²) in [5.74, 6) is -0.160. The molecule has 0 amide bonds. The second kappa shape index (κ2) is 7.26. The Morgan fingerprint density at radius 3 is 2.89 bits per heavy atom. The zero-order valence-electron chi connectivity index (χ0n) is 11.4. The number of hydrogen-bond acceptors (Lipinski definition) is 4. The minimum Gasteiger partial charge on any atom is -0.437 e. The molecule has 4 heteroatoms. The molecule has 0 aliphatic carbocycles. The number of nitrogens with zero attached hydrogens (tertiary/aromatic N) is 1. The van der Waals surface area contributed by atoms with Gasteiger partial charge in [0.1, 0.15) is 6.04 Å². The van der Waals surface area contributed by atoms with E-state index in [2.05, 4.69) is 11.8 Å². The van der Waals surface area contributed by atoms with Gasteiger partial charge in [0.15, 0.2) is 6.79 Å². The van der Waals surface area contributed by atoms with Gasteiger partial charge in [0.25, 0.3) is 0 Å². The summed E-state index contributed by atoms with van der Waals surface area (Å²) in [6.07, 6.45) is 1.96. The molecule has 1 aromatic carbocycles. The molecule has 1 unspecified atom stereocenters. The molecular weight excluding hydrogens is 242 g/mol. The van der Waals surface area contributed by atoms with Crippen molar-refractivity contribution >= 4 is 5.97 Å². The minimum atomic E-state index is -0.160. The highest BCUT2D eigenvalue weighted by molar-refractivity contribution is 5.76. The van der Waals surface area contributed by atoms with Crippen molar-refractivity contribution in [2.75, 3.05) is 19.9 Å². The monoisotopic (exact) mass is 263 g/mol. The zero-order chi connectivity index (χ0) is 13.5. The minimum absolute atomic E-state index is 0.0295. The highest BCUT2D eigenvalue weighted by Crippen LogP contribution is 2.17. The first-order valence-electron chi connectivity index (χ1n) is 6.83. The molecule has 1 aliphatic rings. The third-order valence-electron chi connectivity index (χ3n) is 3.44. The van der Waals surface area contributed by atoms with Crippen molar-refractivity contribution in [3.05, 3.63) is 35.9 Å². The maximum atomic E-state index is 11.9. The molecule has 1 heterocycles. The highest BCUT2D eigenvalue weighted by Gasteiger charge is 2.30.